The number of fused-ring (bicyclic) bond motifs is 1. The van der Waals surface area contributed by atoms with Gasteiger partial charge in [-0.1, -0.05) is 19.3 Å². The minimum absolute atomic E-state index is 0.0242. The van der Waals surface area contributed by atoms with E-state index in [0.717, 1.165) is 44.8 Å². The SMILES string of the molecule is O=C(COC(=O)/C=C/c1cc2c(cc1[N+](=O)[O-])OCO2)NCC1(N2CCOCC2)CCCCC1. The molecule has 0 unspecified atom stereocenters. The van der Waals surface area contributed by atoms with Gasteiger partial charge in [-0.2, -0.15) is 0 Å². The maximum atomic E-state index is 12.4. The van der Waals surface area contributed by atoms with Gasteiger partial charge in [0.1, 0.15) is 0 Å². The first-order chi connectivity index (χ1) is 16.5. The summed E-state index contributed by atoms with van der Waals surface area (Å²) in [7, 11) is 0. The van der Waals surface area contributed by atoms with E-state index in [4.69, 9.17) is 18.9 Å². The van der Waals surface area contributed by atoms with Gasteiger partial charge in [0.25, 0.3) is 11.6 Å². The Morgan fingerprint density at radius 2 is 1.85 bits per heavy atom. The molecule has 11 nitrogen and oxygen atoms in total. The van der Waals surface area contributed by atoms with E-state index in [9.17, 15) is 19.7 Å². The van der Waals surface area contributed by atoms with Crippen molar-refractivity contribution >= 4 is 23.6 Å². The van der Waals surface area contributed by atoms with Crippen LogP contribution < -0.4 is 14.8 Å². The van der Waals surface area contributed by atoms with Gasteiger partial charge in [0.15, 0.2) is 18.1 Å². The number of hydrogen-bond acceptors (Lipinski definition) is 9. The molecule has 1 aromatic rings. The zero-order valence-electron chi connectivity index (χ0n) is 19.0. The molecule has 2 aliphatic heterocycles. The molecule has 2 fully saturated rings. The molecule has 1 amide bonds. The lowest BCUT2D eigenvalue weighted by Crippen LogP contribution is -2.59. The molecule has 11 heteroatoms. The van der Waals surface area contributed by atoms with Crippen LogP contribution in [0, 0.1) is 10.1 Å². The number of nitrogens with zero attached hydrogens (tertiary/aromatic N) is 2. The van der Waals surface area contributed by atoms with Gasteiger partial charge < -0.3 is 24.3 Å². The Morgan fingerprint density at radius 1 is 1.15 bits per heavy atom. The number of ether oxygens (including phenoxy) is 4. The first kappa shape index (κ1) is 24.0. The fourth-order valence-electron chi connectivity index (χ4n) is 4.75. The molecule has 1 saturated heterocycles. The smallest absolute Gasteiger partial charge is 0.331 e. The molecule has 2 heterocycles. The van der Waals surface area contributed by atoms with E-state index in [2.05, 4.69) is 10.2 Å². The number of nitro benzene ring substituents is 1. The number of nitro groups is 1. The van der Waals surface area contributed by atoms with Crippen molar-refractivity contribution in [1.82, 2.24) is 10.2 Å². The minimum Gasteiger partial charge on any atom is -0.454 e. The van der Waals surface area contributed by atoms with Crippen molar-refractivity contribution in [2.24, 2.45) is 0 Å². The molecule has 0 atom stereocenters. The molecule has 1 N–H and O–H groups in total. The number of esters is 1. The van der Waals surface area contributed by atoms with Crippen molar-refractivity contribution in [3.63, 3.8) is 0 Å². The third-order valence-electron chi connectivity index (χ3n) is 6.54. The van der Waals surface area contributed by atoms with E-state index in [-0.39, 0.29) is 35.2 Å². The van der Waals surface area contributed by atoms with E-state index >= 15 is 0 Å². The number of rotatable bonds is 8. The molecule has 1 aromatic carbocycles. The molecular formula is C23H29N3O8. The maximum absolute atomic E-state index is 12.4. The molecule has 184 valence electrons. The second-order valence-corrected chi connectivity index (χ2v) is 8.62. The van der Waals surface area contributed by atoms with Crippen LogP contribution >= 0.6 is 0 Å². The topological polar surface area (TPSA) is 129 Å². The average molecular weight is 475 g/mol. The van der Waals surface area contributed by atoms with Crippen molar-refractivity contribution < 1.29 is 33.5 Å². The third-order valence-corrected chi connectivity index (χ3v) is 6.54. The summed E-state index contributed by atoms with van der Waals surface area (Å²) in [6.07, 6.45) is 7.79. The highest BCUT2D eigenvalue weighted by atomic mass is 16.7. The summed E-state index contributed by atoms with van der Waals surface area (Å²) in [6, 6.07) is 2.67. The Hall–Kier alpha value is -3.18. The predicted molar refractivity (Wildman–Crippen MR) is 120 cm³/mol. The van der Waals surface area contributed by atoms with Crippen molar-refractivity contribution in [2.75, 3.05) is 46.2 Å². The number of benzene rings is 1. The summed E-state index contributed by atoms with van der Waals surface area (Å²) in [5, 5.41) is 14.2. The van der Waals surface area contributed by atoms with E-state index in [1.165, 1.54) is 24.6 Å². The van der Waals surface area contributed by atoms with Gasteiger partial charge in [-0.3, -0.25) is 19.8 Å². The highest BCUT2D eigenvalue weighted by molar-refractivity contribution is 5.90. The fraction of sp³-hybridized carbons (Fsp3) is 0.565. The van der Waals surface area contributed by atoms with E-state index in [1.54, 1.807) is 0 Å². The Bertz CT molecular complexity index is 952. The number of morpholine rings is 1. The van der Waals surface area contributed by atoms with Gasteiger partial charge in [-0.25, -0.2) is 4.79 Å². The van der Waals surface area contributed by atoms with Crippen molar-refractivity contribution in [3.05, 3.63) is 33.9 Å². The van der Waals surface area contributed by atoms with Crippen LogP contribution in [0.25, 0.3) is 6.08 Å². The summed E-state index contributed by atoms with van der Waals surface area (Å²) >= 11 is 0. The van der Waals surface area contributed by atoms with E-state index in [0.29, 0.717) is 25.5 Å². The number of amides is 1. The molecule has 34 heavy (non-hydrogen) atoms. The summed E-state index contributed by atoms with van der Waals surface area (Å²) in [5.41, 5.74) is -0.146. The number of carbonyl (C=O) groups is 2. The van der Waals surface area contributed by atoms with E-state index < -0.39 is 17.5 Å². The number of hydrogen-bond donors (Lipinski definition) is 1. The molecule has 0 bridgehead atoms. The summed E-state index contributed by atoms with van der Waals surface area (Å²) in [4.78, 5) is 37.7. The van der Waals surface area contributed by atoms with Crippen molar-refractivity contribution in [2.45, 2.75) is 37.6 Å². The van der Waals surface area contributed by atoms with Crippen LogP contribution in [0.15, 0.2) is 18.2 Å². The van der Waals surface area contributed by atoms with Crippen molar-refractivity contribution in [3.8, 4) is 11.5 Å². The lowest BCUT2D eigenvalue weighted by atomic mass is 9.79. The molecule has 0 radical (unpaired) electrons. The summed E-state index contributed by atoms with van der Waals surface area (Å²) < 4.78 is 20.9. The first-order valence-corrected chi connectivity index (χ1v) is 11.5. The highest BCUT2D eigenvalue weighted by Gasteiger charge is 2.38. The van der Waals surface area contributed by atoms with Gasteiger partial charge in [0.2, 0.25) is 6.79 Å². The first-order valence-electron chi connectivity index (χ1n) is 11.5. The quantitative estimate of drug-likeness (QED) is 0.260. The van der Waals surface area contributed by atoms with Crippen LogP contribution in [0.2, 0.25) is 0 Å². The summed E-state index contributed by atoms with van der Waals surface area (Å²) in [5.74, 6) is -0.525. The largest absolute Gasteiger partial charge is 0.454 e. The number of nitrogens with one attached hydrogen (secondary N) is 1. The molecule has 4 rings (SSSR count). The zero-order chi connectivity index (χ0) is 24.0. The number of carbonyl (C=O) groups excluding carboxylic acids is 2. The second kappa shape index (κ2) is 10.8. The highest BCUT2D eigenvalue weighted by Crippen LogP contribution is 2.38. The molecule has 0 aromatic heterocycles. The Kier molecular flexibility index (Phi) is 7.63. The lowest BCUT2D eigenvalue weighted by Gasteiger charge is -2.48. The third kappa shape index (κ3) is 5.65. The molecule has 1 saturated carbocycles. The Balaban J connectivity index is 1.29. The van der Waals surface area contributed by atoms with Crippen LogP contribution in [0.3, 0.4) is 0 Å². The van der Waals surface area contributed by atoms with Crippen LogP contribution in [0.4, 0.5) is 5.69 Å². The van der Waals surface area contributed by atoms with Gasteiger partial charge in [0.05, 0.1) is 29.8 Å². The molecule has 3 aliphatic rings. The van der Waals surface area contributed by atoms with Crippen molar-refractivity contribution in [1.29, 1.82) is 0 Å². The maximum Gasteiger partial charge on any atom is 0.331 e. The van der Waals surface area contributed by atoms with Gasteiger partial charge in [-0.15, -0.1) is 0 Å². The van der Waals surface area contributed by atoms with Gasteiger partial charge >= 0.3 is 5.97 Å². The van der Waals surface area contributed by atoms with Gasteiger partial charge in [0, 0.05) is 31.2 Å². The summed E-state index contributed by atoms with van der Waals surface area (Å²) in [6.45, 7) is 3.14. The second-order valence-electron chi connectivity index (χ2n) is 8.62. The molecule has 1 aliphatic carbocycles. The Morgan fingerprint density at radius 3 is 2.56 bits per heavy atom. The monoisotopic (exact) mass is 475 g/mol. The van der Waals surface area contributed by atoms with Gasteiger partial charge in [-0.05, 0) is 25.0 Å². The zero-order valence-corrected chi connectivity index (χ0v) is 19.0. The lowest BCUT2D eigenvalue weighted by molar-refractivity contribution is -0.385. The molecular weight excluding hydrogens is 446 g/mol. The van der Waals surface area contributed by atoms with E-state index in [1.807, 2.05) is 0 Å². The fourth-order valence-corrected chi connectivity index (χ4v) is 4.75. The normalized spacial score (nSPS) is 19.6. The van der Waals surface area contributed by atoms with Crippen LogP contribution in [-0.4, -0.2) is 73.5 Å². The van der Waals surface area contributed by atoms with Crippen LogP contribution in [0.1, 0.15) is 37.7 Å². The molecule has 0 spiro atoms. The minimum atomic E-state index is -0.775. The average Bonchev–Trinajstić information content (AvgIpc) is 3.33. The standard InChI is InChI=1S/C23H29N3O8/c27-21(24-15-23(6-2-1-3-7-23)25-8-10-31-11-9-25)14-32-22(28)5-4-17-12-19-20(34-16-33-19)13-18(17)26(29)30/h4-5,12-13H,1-3,6-11,14-16H2,(H,24,27)/b5-4+. The Labute approximate surface area is 197 Å². The van der Waals surface area contributed by atoms with Crippen LogP contribution in [-0.2, 0) is 19.1 Å². The predicted octanol–water partition coefficient (Wildman–Crippen LogP) is 2.03. The van der Waals surface area contributed by atoms with Crippen LogP contribution in [0.5, 0.6) is 11.5 Å².